The molecule has 6 heteroatoms. The first kappa shape index (κ1) is 17.8. The Kier molecular flexibility index (Phi) is 5.97. The van der Waals surface area contributed by atoms with Gasteiger partial charge in [-0.15, -0.1) is 0 Å². The van der Waals surface area contributed by atoms with Crippen molar-refractivity contribution in [1.29, 1.82) is 0 Å². The van der Waals surface area contributed by atoms with Gasteiger partial charge in [0.1, 0.15) is 12.1 Å². The van der Waals surface area contributed by atoms with E-state index in [4.69, 9.17) is 5.73 Å². The molecule has 25 heavy (non-hydrogen) atoms. The van der Waals surface area contributed by atoms with Crippen LogP contribution < -0.4 is 17.2 Å². The second-order valence-corrected chi connectivity index (χ2v) is 5.11. The van der Waals surface area contributed by atoms with Crippen LogP contribution in [0.1, 0.15) is 11.3 Å². The lowest BCUT2D eigenvalue weighted by Crippen LogP contribution is -2.13. The van der Waals surface area contributed by atoms with E-state index in [-0.39, 0.29) is 6.15 Å². The van der Waals surface area contributed by atoms with Crippen molar-refractivity contribution in [2.75, 3.05) is 5.32 Å². The zero-order chi connectivity index (χ0) is 16.8. The van der Waals surface area contributed by atoms with Crippen LogP contribution in [0.15, 0.2) is 73.1 Å². The molecular weight excluding hydrogens is 314 g/mol. The normalized spacial score (nSPS) is 10.6. The van der Waals surface area contributed by atoms with Crippen LogP contribution in [0, 0.1) is 0 Å². The number of nitrogens with one attached hydrogen (secondary N) is 1. The summed E-state index contributed by atoms with van der Waals surface area (Å²) < 4.78 is 0. The highest BCUT2D eigenvalue weighted by Crippen LogP contribution is 2.19. The first-order chi connectivity index (χ1) is 11.7. The number of amides is 1. The van der Waals surface area contributed by atoms with E-state index in [1.54, 1.807) is 12.1 Å². The van der Waals surface area contributed by atoms with Gasteiger partial charge in [0, 0.05) is 17.3 Å². The molecule has 0 unspecified atom stereocenters. The summed E-state index contributed by atoms with van der Waals surface area (Å²) >= 11 is 0. The van der Waals surface area contributed by atoms with E-state index in [1.165, 1.54) is 6.33 Å². The molecule has 0 atom stereocenters. The number of aromatic nitrogens is 2. The van der Waals surface area contributed by atoms with Crippen molar-refractivity contribution in [3.05, 3.63) is 84.3 Å². The second kappa shape index (κ2) is 8.37. The van der Waals surface area contributed by atoms with Crippen LogP contribution in [0.4, 0.5) is 11.5 Å². The van der Waals surface area contributed by atoms with Gasteiger partial charge in [-0.2, -0.15) is 0 Å². The topological polar surface area (TPSA) is 116 Å². The van der Waals surface area contributed by atoms with Gasteiger partial charge in [-0.25, -0.2) is 9.97 Å². The van der Waals surface area contributed by atoms with Gasteiger partial charge in [-0.1, -0.05) is 48.5 Å². The maximum atomic E-state index is 11.8. The van der Waals surface area contributed by atoms with Crippen LogP contribution in [-0.4, -0.2) is 15.9 Å². The zero-order valence-corrected chi connectivity index (χ0v) is 13.6. The summed E-state index contributed by atoms with van der Waals surface area (Å²) in [7, 11) is 0. The number of nitrogens with two attached hydrogens (primary N) is 1. The summed E-state index contributed by atoms with van der Waals surface area (Å²) in [6.45, 7) is 0. The van der Waals surface area contributed by atoms with Gasteiger partial charge in [0.15, 0.2) is 0 Å². The van der Waals surface area contributed by atoms with Gasteiger partial charge in [-0.3, -0.25) is 4.79 Å². The minimum absolute atomic E-state index is 0. The van der Waals surface area contributed by atoms with Crippen LogP contribution >= 0.6 is 0 Å². The summed E-state index contributed by atoms with van der Waals surface area (Å²) in [4.78, 5) is 20.2. The van der Waals surface area contributed by atoms with Crippen LogP contribution in [0.2, 0.25) is 0 Å². The maximum Gasteiger partial charge on any atom is 0.249 e. The van der Waals surface area contributed by atoms with Gasteiger partial charge in [-0.05, 0) is 23.8 Å². The lowest BCUT2D eigenvalue weighted by atomic mass is 10.0. The van der Waals surface area contributed by atoms with Gasteiger partial charge in [0.25, 0.3) is 0 Å². The molecule has 1 amide bonds. The number of rotatable bonds is 5. The fourth-order valence-corrected chi connectivity index (χ4v) is 2.25. The van der Waals surface area contributed by atoms with E-state index in [2.05, 4.69) is 15.3 Å². The molecule has 6 nitrogen and oxygen atoms in total. The molecule has 0 aliphatic rings. The van der Waals surface area contributed by atoms with Crippen LogP contribution in [-0.2, 0) is 4.79 Å². The molecular formula is C19H19N5O. The first-order valence-electron chi connectivity index (χ1n) is 7.43. The fraction of sp³-hybridized carbons (Fsp3) is 0. The number of carbonyl (C=O) groups excluding carboxylic acids is 1. The van der Waals surface area contributed by atoms with E-state index in [0.717, 1.165) is 11.3 Å². The molecule has 2 aromatic carbocycles. The van der Waals surface area contributed by atoms with Crippen LogP contribution in [0.5, 0.6) is 0 Å². The Balaban J connectivity index is 0.00000225. The predicted molar refractivity (Wildman–Crippen MR) is 100 cm³/mol. The lowest BCUT2D eigenvalue weighted by Gasteiger charge is -2.06. The summed E-state index contributed by atoms with van der Waals surface area (Å²) in [5.74, 6) is 0.136. The number of primary amides is 1. The van der Waals surface area contributed by atoms with Crippen molar-refractivity contribution in [2.45, 2.75) is 0 Å². The van der Waals surface area contributed by atoms with Crippen molar-refractivity contribution in [2.24, 2.45) is 5.73 Å². The fourth-order valence-electron chi connectivity index (χ4n) is 2.25. The Morgan fingerprint density at radius 3 is 2.24 bits per heavy atom. The third-order valence-electron chi connectivity index (χ3n) is 3.38. The molecule has 0 radical (unpaired) electrons. The summed E-state index contributed by atoms with van der Waals surface area (Å²) in [6.07, 6.45) is 3.11. The van der Waals surface area contributed by atoms with E-state index < -0.39 is 5.91 Å². The monoisotopic (exact) mass is 333 g/mol. The Morgan fingerprint density at radius 1 is 0.960 bits per heavy atom. The molecule has 0 saturated carbocycles. The van der Waals surface area contributed by atoms with E-state index >= 15 is 0 Å². The number of benzene rings is 2. The second-order valence-electron chi connectivity index (χ2n) is 5.11. The van der Waals surface area contributed by atoms with Crippen LogP contribution in [0.25, 0.3) is 11.6 Å². The Bertz CT molecular complexity index is 863. The number of carbonyl (C=O) groups is 1. The summed E-state index contributed by atoms with van der Waals surface area (Å²) in [6, 6.07) is 20.7. The van der Waals surface area contributed by atoms with Crippen molar-refractivity contribution in [3.63, 3.8) is 0 Å². The van der Waals surface area contributed by atoms with E-state index in [0.29, 0.717) is 17.1 Å². The minimum Gasteiger partial charge on any atom is -0.366 e. The van der Waals surface area contributed by atoms with Crippen molar-refractivity contribution >= 4 is 29.1 Å². The third-order valence-corrected chi connectivity index (χ3v) is 3.38. The number of nitrogens with zero attached hydrogens (tertiary/aromatic N) is 2. The number of anilines is 2. The molecule has 3 rings (SSSR count). The van der Waals surface area contributed by atoms with Gasteiger partial charge < -0.3 is 17.2 Å². The quantitative estimate of drug-likeness (QED) is 0.619. The average Bonchev–Trinajstić information content (AvgIpc) is 2.61. The molecule has 0 spiro atoms. The minimum atomic E-state index is -0.502. The highest BCUT2D eigenvalue weighted by Gasteiger charge is 2.09. The molecule has 0 bridgehead atoms. The third kappa shape index (κ3) is 4.73. The number of hydrogen-bond acceptors (Lipinski definition) is 5. The molecule has 1 heterocycles. The number of hydrogen-bond donors (Lipinski definition) is 3. The van der Waals surface area contributed by atoms with Crippen molar-refractivity contribution < 1.29 is 4.79 Å². The molecule has 1 aromatic heterocycles. The molecule has 0 aliphatic heterocycles. The first-order valence-corrected chi connectivity index (χ1v) is 7.43. The van der Waals surface area contributed by atoms with E-state index in [1.807, 2.05) is 60.7 Å². The summed E-state index contributed by atoms with van der Waals surface area (Å²) in [5.41, 5.74) is 8.18. The lowest BCUT2D eigenvalue weighted by molar-refractivity contribution is -0.112. The Hall–Kier alpha value is -3.51. The highest BCUT2D eigenvalue weighted by atomic mass is 16.1. The van der Waals surface area contributed by atoms with Crippen molar-refractivity contribution in [1.82, 2.24) is 16.1 Å². The SMILES string of the molecule is N.NC(=O)C(=Cc1cc(Nc2ccccc2)ncn1)c1ccccc1. The standard InChI is InChI=1S/C19H16N4O.H3N/c20-19(24)17(14-7-3-1-4-8-14)11-16-12-18(22-13-21-16)23-15-9-5-2-6-10-15;/h1-13H,(H2,20,24)(H,21,22,23);1H3. The Labute approximate surface area is 146 Å². The number of para-hydroxylation sites is 1. The molecule has 0 fully saturated rings. The predicted octanol–water partition coefficient (Wildman–Crippen LogP) is 3.41. The molecule has 6 N–H and O–H groups in total. The van der Waals surface area contributed by atoms with Crippen molar-refractivity contribution in [3.8, 4) is 0 Å². The Morgan fingerprint density at radius 2 is 1.60 bits per heavy atom. The largest absolute Gasteiger partial charge is 0.366 e. The van der Waals surface area contributed by atoms with Gasteiger partial charge in [0.05, 0.1) is 5.69 Å². The van der Waals surface area contributed by atoms with Gasteiger partial charge >= 0.3 is 0 Å². The molecule has 0 saturated heterocycles. The molecule has 126 valence electrons. The zero-order valence-electron chi connectivity index (χ0n) is 13.6. The molecule has 0 aliphatic carbocycles. The maximum absolute atomic E-state index is 11.8. The van der Waals surface area contributed by atoms with Crippen LogP contribution in [0.3, 0.4) is 0 Å². The highest BCUT2D eigenvalue weighted by molar-refractivity contribution is 6.23. The van der Waals surface area contributed by atoms with Gasteiger partial charge in [0.2, 0.25) is 5.91 Å². The van der Waals surface area contributed by atoms with E-state index in [9.17, 15) is 4.79 Å². The smallest absolute Gasteiger partial charge is 0.249 e. The summed E-state index contributed by atoms with van der Waals surface area (Å²) in [5, 5.41) is 3.19. The average molecular weight is 333 g/mol. The molecule has 3 aromatic rings.